The topological polar surface area (TPSA) is 74.6 Å². The minimum Gasteiger partial charge on any atom is -0.491 e. The fraction of sp³-hybridized carbons (Fsp3) is 0.474. The molecule has 144 valence electrons. The average molecular weight is 392 g/mol. The van der Waals surface area contributed by atoms with Gasteiger partial charge in [-0.15, -0.1) is 0 Å². The molecule has 0 saturated carbocycles. The SMILES string of the molecule is CCOC1CCn2nc(C(=O)NC3COc4ccc(Cl)cc4C3)cc2OC1. The zero-order valence-corrected chi connectivity index (χ0v) is 15.9. The van der Waals surface area contributed by atoms with E-state index in [-0.39, 0.29) is 18.1 Å². The Morgan fingerprint density at radius 2 is 2.26 bits per heavy atom. The number of carbonyl (C=O) groups is 1. The molecule has 0 bridgehead atoms. The summed E-state index contributed by atoms with van der Waals surface area (Å²) in [4.78, 5) is 12.6. The first-order chi connectivity index (χ1) is 13.1. The number of ether oxygens (including phenoxy) is 3. The van der Waals surface area contributed by atoms with Crippen molar-refractivity contribution >= 4 is 17.5 Å². The number of halogens is 1. The van der Waals surface area contributed by atoms with E-state index < -0.39 is 0 Å². The normalized spacial score (nSPS) is 21.3. The number of amides is 1. The fourth-order valence-corrected chi connectivity index (χ4v) is 3.59. The zero-order chi connectivity index (χ0) is 18.8. The molecule has 1 amide bonds. The molecule has 2 unspecified atom stereocenters. The lowest BCUT2D eigenvalue weighted by Crippen LogP contribution is -2.42. The summed E-state index contributed by atoms with van der Waals surface area (Å²) in [7, 11) is 0. The summed E-state index contributed by atoms with van der Waals surface area (Å²) in [6.45, 7) is 4.16. The maximum Gasteiger partial charge on any atom is 0.272 e. The highest BCUT2D eigenvalue weighted by atomic mass is 35.5. The minimum absolute atomic E-state index is 0.0558. The maximum absolute atomic E-state index is 12.6. The molecule has 3 heterocycles. The average Bonchev–Trinajstić information content (AvgIpc) is 2.98. The molecule has 27 heavy (non-hydrogen) atoms. The van der Waals surface area contributed by atoms with E-state index in [4.69, 9.17) is 25.8 Å². The minimum atomic E-state index is -0.236. The second-order valence-electron chi connectivity index (χ2n) is 6.71. The van der Waals surface area contributed by atoms with Gasteiger partial charge in [0.25, 0.3) is 5.91 Å². The lowest BCUT2D eigenvalue weighted by Gasteiger charge is -2.26. The van der Waals surface area contributed by atoms with Crippen LogP contribution < -0.4 is 14.8 Å². The Labute approximate surface area is 162 Å². The molecule has 1 aromatic carbocycles. The van der Waals surface area contributed by atoms with E-state index in [1.54, 1.807) is 16.8 Å². The van der Waals surface area contributed by atoms with Gasteiger partial charge in [0.15, 0.2) is 5.69 Å². The largest absolute Gasteiger partial charge is 0.491 e. The van der Waals surface area contributed by atoms with E-state index in [9.17, 15) is 4.79 Å². The number of nitrogens with zero attached hydrogens (tertiary/aromatic N) is 2. The van der Waals surface area contributed by atoms with E-state index >= 15 is 0 Å². The van der Waals surface area contributed by atoms with E-state index in [1.165, 1.54) is 0 Å². The third-order valence-corrected chi connectivity index (χ3v) is 4.96. The Hall–Kier alpha value is -2.25. The van der Waals surface area contributed by atoms with Crippen molar-refractivity contribution in [1.29, 1.82) is 0 Å². The van der Waals surface area contributed by atoms with Gasteiger partial charge in [0.2, 0.25) is 5.88 Å². The Morgan fingerprint density at radius 3 is 3.11 bits per heavy atom. The van der Waals surface area contributed by atoms with Crippen LogP contribution in [0.5, 0.6) is 11.6 Å². The highest BCUT2D eigenvalue weighted by Gasteiger charge is 2.25. The van der Waals surface area contributed by atoms with Gasteiger partial charge in [-0.25, -0.2) is 4.68 Å². The number of aryl methyl sites for hydroxylation is 1. The molecule has 7 nitrogen and oxygen atoms in total. The quantitative estimate of drug-likeness (QED) is 0.866. The number of hydrogen-bond acceptors (Lipinski definition) is 5. The van der Waals surface area contributed by atoms with Crippen LogP contribution in [0, 0.1) is 0 Å². The standard InChI is InChI=1S/C19H22ClN3O4/c1-2-25-15-5-6-23-18(27-11-15)9-16(22-23)19(24)21-14-8-12-7-13(20)3-4-17(12)26-10-14/h3-4,7,9,14-15H,2,5-6,8,10-11H2,1H3,(H,21,24). The van der Waals surface area contributed by atoms with E-state index in [0.29, 0.717) is 49.4 Å². The van der Waals surface area contributed by atoms with Crippen molar-refractivity contribution in [3.8, 4) is 11.6 Å². The van der Waals surface area contributed by atoms with Gasteiger partial charge in [0, 0.05) is 24.2 Å². The van der Waals surface area contributed by atoms with Crippen molar-refractivity contribution in [2.45, 2.75) is 38.5 Å². The van der Waals surface area contributed by atoms with Crippen LogP contribution in [-0.2, 0) is 17.7 Å². The molecule has 2 aromatic rings. The molecule has 1 aromatic heterocycles. The molecule has 0 radical (unpaired) electrons. The zero-order valence-electron chi connectivity index (χ0n) is 15.1. The van der Waals surface area contributed by atoms with Crippen molar-refractivity contribution < 1.29 is 19.0 Å². The lowest BCUT2D eigenvalue weighted by atomic mass is 10.0. The molecular formula is C19H22ClN3O4. The highest BCUT2D eigenvalue weighted by molar-refractivity contribution is 6.30. The number of aromatic nitrogens is 2. The van der Waals surface area contributed by atoms with E-state index in [1.807, 2.05) is 19.1 Å². The van der Waals surface area contributed by atoms with Gasteiger partial charge in [0.1, 0.15) is 19.0 Å². The Bertz CT molecular complexity index is 813. The summed E-state index contributed by atoms with van der Waals surface area (Å²) >= 11 is 6.05. The second kappa shape index (κ2) is 7.78. The molecule has 1 N–H and O–H groups in total. The number of rotatable bonds is 4. The van der Waals surface area contributed by atoms with Crippen molar-refractivity contribution in [3.63, 3.8) is 0 Å². The molecule has 4 rings (SSSR count). The van der Waals surface area contributed by atoms with Crippen LogP contribution in [0.1, 0.15) is 29.4 Å². The summed E-state index contributed by atoms with van der Waals surface area (Å²) in [5, 5.41) is 8.03. The smallest absolute Gasteiger partial charge is 0.272 e. The number of hydrogen-bond donors (Lipinski definition) is 1. The van der Waals surface area contributed by atoms with Crippen LogP contribution >= 0.6 is 11.6 Å². The first-order valence-corrected chi connectivity index (χ1v) is 9.54. The number of nitrogens with one attached hydrogen (secondary N) is 1. The second-order valence-corrected chi connectivity index (χ2v) is 7.14. The van der Waals surface area contributed by atoms with Gasteiger partial charge < -0.3 is 19.5 Å². The molecule has 0 spiro atoms. The van der Waals surface area contributed by atoms with Gasteiger partial charge in [-0.3, -0.25) is 4.79 Å². The molecule has 0 aliphatic carbocycles. The molecule has 2 aliphatic rings. The molecule has 0 fully saturated rings. The lowest BCUT2D eigenvalue weighted by molar-refractivity contribution is 0.0269. The van der Waals surface area contributed by atoms with Crippen LogP contribution in [-0.4, -0.2) is 47.7 Å². The van der Waals surface area contributed by atoms with Gasteiger partial charge in [0.05, 0.1) is 12.1 Å². The third kappa shape index (κ3) is 4.04. The van der Waals surface area contributed by atoms with Crippen LogP contribution in [0.3, 0.4) is 0 Å². The summed E-state index contributed by atoms with van der Waals surface area (Å²) < 4.78 is 18.8. The third-order valence-electron chi connectivity index (χ3n) is 4.72. The Kier molecular flexibility index (Phi) is 5.22. The van der Waals surface area contributed by atoms with Crippen molar-refractivity contribution in [1.82, 2.24) is 15.1 Å². The molecule has 2 atom stereocenters. The maximum atomic E-state index is 12.6. The monoisotopic (exact) mass is 391 g/mol. The molecule has 8 heteroatoms. The van der Waals surface area contributed by atoms with Gasteiger partial charge in [-0.2, -0.15) is 5.10 Å². The number of carbonyl (C=O) groups excluding carboxylic acids is 1. The molecular weight excluding hydrogens is 370 g/mol. The number of fused-ring (bicyclic) bond motifs is 2. The summed E-state index contributed by atoms with van der Waals surface area (Å²) in [5.41, 5.74) is 1.33. The summed E-state index contributed by atoms with van der Waals surface area (Å²) in [6.07, 6.45) is 1.53. The number of benzene rings is 1. The van der Waals surface area contributed by atoms with Crippen molar-refractivity contribution in [2.24, 2.45) is 0 Å². The van der Waals surface area contributed by atoms with Crippen molar-refractivity contribution in [3.05, 3.63) is 40.5 Å². The first-order valence-electron chi connectivity index (χ1n) is 9.16. The Balaban J connectivity index is 1.39. The van der Waals surface area contributed by atoms with Crippen LogP contribution in [0.4, 0.5) is 0 Å². The summed E-state index contributed by atoms with van der Waals surface area (Å²) in [6, 6.07) is 7.07. The molecule has 0 saturated heterocycles. The van der Waals surface area contributed by atoms with Gasteiger partial charge >= 0.3 is 0 Å². The predicted molar refractivity (Wildman–Crippen MR) is 99.7 cm³/mol. The first kappa shape index (κ1) is 18.1. The fourth-order valence-electron chi connectivity index (χ4n) is 3.40. The van der Waals surface area contributed by atoms with Crippen LogP contribution in [0.15, 0.2) is 24.3 Å². The Morgan fingerprint density at radius 1 is 1.37 bits per heavy atom. The predicted octanol–water partition coefficient (Wildman–Crippen LogP) is 2.46. The van der Waals surface area contributed by atoms with Crippen molar-refractivity contribution in [2.75, 3.05) is 19.8 Å². The van der Waals surface area contributed by atoms with Crippen LogP contribution in [0.25, 0.3) is 0 Å². The summed E-state index contributed by atoms with van der Waals surface area (Å²) in [5.74, 6) is 1.18. The highest BCUT2D eigenvalue weighted by Crippen LogP contribution is 2.28. The van der Waals surface area contributed by atoms with Crippen LogP contribution in [0.2, 0.25) is 5.02 Å². The molecule has 2 aliphatic heterocycles. The van der Waals surface area contributed by atoms with E-state index in [2.05, 4.69) is 10.4 Å². The van der Waals surface area contributed by atoms with E-state index in [0.717, 1.165) is 17.7 Å². The van der Waals surface area contributed by atoms with Gasteiger partial charge in [-0.05, 0) is 43.5 Å². The van der Waals surface area contributed by atoms with Gasteiger partial charge in [-0.1, -0.05) is 11.6 Å².